The molecule has 0 spiro atoms. The minimum Gasteiger partial charge on any atom is -0.387 e. The molecule has 3 heteroatoms. The number of halogens is 1. The Bertz CT molecular complexity index is 539. The summed E-state index contributed by atoms with van der Waals surface area (Å²) in [6.07, 6.45) is -0.506. The van der Waals surface area contributed by atoms with Crippen molar-refractivity contribution < 1.29 is 5.11 Å². The molecule has 2 aromatic rings. The van der Waals surface area contributed by atoms with E-state index in [9.17, 15) is 5.11 Å². The van der Waals surface area contributed by atoms with E-state index in [0.29, 0.717) is 17.6 Å². The lowest BCUT2D eigenvalue weighted by Crippen LogP contribution is -2.34. The summed E-state index contributed by atoms with van der Waals surface area (Å²) >= 11 is 5.89. The monoisotopic (exact) mass is 303 g/mol. The molecule has 21 heavy (non-hydrogen) atoms. The van der Waals surface area contributed by atoms with Crippen LogP contribution in [0.15, 0.2) is 54.6 Å². The third kappa shape index (κ3) is 4.85. The second-order valence-corrected chi connectivity index (χ2v) is 6.01. The first kappa shape index (κ1) is 16.0. The largest absolute Gasteiger partial charge is 0.387 e. The molecule has 2 nitrogen and oxygen atoms in total. The third-order valence-corrected chi connectivity index (χ3v) is 3.87. The Kier molecular flexibility index (Phi) is 5.80. The number of aliphatic hydroxyl groups is 1. The Balaban J connectivity index is 2.04. The molecular formula is C18H22ClNO. The molecule has 0 saturated heterocycles. The summed E-state index contributed by atoms with van der Waals surface area (Å²) in [4.78, 5) is 2.27. The van der Waals surface area contributed by atoms with Crippen molar-refractivity contribution in [2.45, 2.75) is 32.5 Å². The van der Waals surface area contributed by atoms with E-state index in [1.54, 1.807) is 0 Å². The van der Waals surface area contributed by atoms with Gasteiger partial charge in [0.25, 0.3) is 0 Å². The van der Waals surface area contributed by atoms with Crippen LogP contribution < -0.4 is 0 Å². The molecular weight excluding hydrogens is 282 g/mol. The van der Waals surface area contributed by atoms with Gasteiger partial charge in [-0.2, -0.15) is 0 Å². The summed E-state index contributed by atoms with van der Waals surface area (Å²) in [5, 5.41) is 11.1. The fourth-order valence-electron chi connectivity index (χ4n) is 2.29. The van der Waals surface area contributed by atoms with Crippen LogP contribution in [0.4, 0.5) is 0 Å². The quantitative estimate of drug-likeness (QED) is 0.861. The number of benzene rings is 2. The third-order valence-electron chi connectivity index (χ3n) is 3.62. The highest BCUT2D eigenvalue weighted by Crippen LogP contribution is 2.19. The Morgan fingerprint density at radius 1 is 1.00 bits per heavy atom. The van der Waals surface area contributed by atoms with Gasteiger partial charge in [-0.15, -0.1) is 0 Å². The second-order valence-electron chi connectivity index (χ2n) is 5.58. The zero-order valence-corrected chi connectivity index (χ0v) is 13.3. The summed E-state index contributed by atoms with van der Waals surface area (Å²) in [6.45, 7) is 5.74. The topological polar surface area (TPSA) is 23.5 Å². The molecule has 2 aromatic carbocycles. The molecule has 0 amide bonds. The van der Waals surface area contributed by atoms with E-state index in [2.05, 4.69) is 30.9 Å². The molecule has 0 aromatic heterocycles. The fraction of sp³-hybridized carbons (Fsp3) is 0.333. The number of rotatable bonds is 6. The van der Waals surface area contributed by atoms with E-state index in [4.69, 9.17) is 11.6 Å². The maximum atomic E-state index is 10.4. The van der Waals surface area contributed by atoms with E-state index in [1.807, 2.05) is 42.5 Å². The summed E-state index contributed by atoms with van der Waals surface area (Å²) < 4.78 is 0. The summed E-state index contributed by atoms with van der Waals surface area (Å²) in [5.74, 6) is 0. The maximum Gasteiger partial charge on any atom is 0.0917 e. The van der Waals surface area contributed by atoms with Gasteiger partial charge in [-0.25, -0.2) is 0 Å². The fourth-order valence-corrected chi connectivity index (χ4v) is 2.41. The summed E-state index contributed by atoms with van der Waals surface area (Å²) in [6, 6.07) is 18.1. The van der Waals surface area contributed by atoms with Crippen LogP contribution in [0, 0.1) is 0 Å². The Morgan fingerprint density at radius 2 is 1.62 bits per heavy atom. The molecule has 0 bridgehead atoms. The number of hydrogen-bond donors (Lipinski definition) is 1. The smallest absolute Gasteiger partial charge is 0.0917 e. The highest BCUT2D eigenvalue weighted by Gasteiger charge is 2.16. The van der Waals surface area contributed by atoms with Gasteiger partial charge in [0.2, 0.25) is 0 Å². The molecule has 112 valence electrons. The van der Waals surface area contributed by atoms with Gasteiger partial charge >= 0.3 is 0 Å². The minimum absolute atomic E-state index is 0.368. The van der Waals surface area contributed by atoms with Crippen LogP contribution in [0.5, 0.6) is 0 Å². The van der Waals surface area contributed by atoms with Gasteiger partial charge in [0.05, 0.1) is 6.10 Å². The first-order valence-electron chi connectivity index (χ1n) is 7.28. The van der Waals surface area contributed by atoms with E-state index in [1.165, 1.54) is 5.56 Å². The first-order valence-corrected chi connectivity index (χ1v) is 7.65. The van der Waals surface area contributed by atoms with Crippen molar-refractivity contribution in [2.75, 3.05) is 6.54 Å². The van der Waals surface area contributed by atoms with Crippen LogP contribution in [0.3, 0.4) is 0 Å². The van der Waals surface area contributed by atoms with Crippen molar-refractivity contribution >= 4 is 11.6 Å². The van der Waals surface area contributed by atoms with E-state index in [0.717, 1.165) is 12.1 Å². The molecule has 2 rings (SSSR count). The molecule has 0 aliphatic carbocycles. The lowest BCUT2D eigenvalue weighted by molar-refractivity contribution is 0.0908. The van der Waals surface area contributed by atoms with Gasteiger partial charge in [0, 0.05) is 24.2 Å². The van der Waals surface area contributed by atoms with Crippen LogP contribution in [-0.2, 0) is 6.54 Å². The predicted molar refractivity (Wildman–Crippen MR) is 88.4 cm³/mol. The average molecular weight is 304 g/mol. The summed E-state index contributed by atoms with van der Waals surface area (Å²) in [7, 11) is 0. The van der Waals surface area contributed by atoms with E-state index >= 15 is 0 Å². The van der Waals surface area contributed by atoms with Crippen LogP contribution >= 0.6 is 11.6 Å². The predicted octanol–water partition coefficient (Wildman–Crippen LogP) is 4.28. The Hall–Kier alpha value is -1.35. The Morgan fingerprint density at radius 3 is 2.19 bits per heavy atom. The van der Waals surface area contributed by atoms with Crippen molar-refractivity contribution in [1.82, 2.24) is 4.90 Å². The minimum atomic E-state index is -0.506. The average Bonchev–Trinajstić information content (AvgIpc) is 2.48. The zero-order chi connectivity index (χ0) is 15.2. The maximum absolute atomic E-state index is 10.4. The van der Waals surface area contributed by atoms with Crippen LogP contribution in [0.25, 0.3) is 0 Å². The zero-order valence-electron chi connectivity index (χ0n) is 12.5. The highest BCUT2D eigenvalue weighted by molar-refractivity contribution is 6.30. The van der Waals surface area contributed by atoms with Crippen molar-refractivity contribution in [3.8, 4) is 0 Å². The van der Waals surface area contributed by atoms with Crippen LogP contribution in [0.1, 0.15) is 31.1 Å². The summed E-state index contributed by atoms with van der Waals surface area (Å²) in [5.41, 5.74) is 2.16. The Labute approximate surface area is 132 Å². The van der Waals surface area contributed by atoms with Gasteiger partial charge in [-0.1, -0.05) is 54.1 Å². The first-order chi connectivity index (χ1) is 10.1. The molecule has 0 saturated carbocycles. The SMILES string of the molecule is CC(C)N(Cc1ccccc1)C[C@@H](O)c1ccc(Cl)cc1. The highest BCUT2D eigenvalue weighted by atomic mass is 35.5. The molecule has 0 radical (unpaired) electrons. The normalized spacial score (nSPS) is 12.9. The van der Waals surface area contributed by atoms with Gasteiger partial charge in [-0.05, 0) is 37.1 Å². The van der Waals surface area contributed by atoms with Gasteiger partial charge in [-0.3, -0.25) is 4.90 Å². The number of hydrogen-bond acceptors (Lipinski definition) is 2. The molecule has 0 aliphatic heterocycles. The van der Waals surface area contributed by atoms with Gasteiger partial charge < -0.3 is 5.11 Å². The molecule has 1 atom stereocenters. The van der Waals surface area contributed by atoms with Crippen molar-refractivity contribution in [3.05, 3.63) is 70.7 Å². The van der Waals surface area contributed by atoms with Crippen molar-refractivity contribution in [2.24, 2.45) is 0 Å². The van der Waals surface area contributed by atoms with Crippen molar-refractivity contribution in [3.63, 3.8) is 0 Å². The number of aliphatic hydroxyl groups excluding tert-OH is 1. The molecule has 0 unspecified atom stereocenters. The molecule has 0 aliphatic rings. The lowest BCUT2D eigenvalue weighted by Gasteiger charge is -2.29. The standard InChI is InChI=1S/C18H22ClNO/c1-14(2)20(12-15-6-4-3-5-7-15)13-18(21)16-8-10-17(19)11-9-16/h3-11,14,18,21H,12-13H2,1-2H3/t18-/m1/s1. The van der Waals surface area contributed by atoms with Gasteiger partial charge in [0.1, 0.15) is 0 Å². The second kappa shape index (κ2) is 7.60. The van der Waals surface area contributed by atoms with Crippen LogP contribution in [0.2, 0.25) is 5.02 Å². The lowest BCUT2D eigenvalue weighted by atomic mass is 10.1. The molecule has 1 N–H and O–H groups in total. The van der Waals surface area contributed by atoms with Crippen LogP contribution in [-0.4, -0.2) is 22.6 Å². The molecule has 0 fully saturated rings. The number of nitrogens with zero attached hydrogens (tertiary/aromatic N) is 1. The van der Waals surface area contributed by atoms with Gasteiger partial charge in [0.15, 0.2) is 0 Å². The van der Waals surface area contributed by atoms with E-state index < -0.39 is 6.10 Å². The van der Waals surface area contributed by atoms with E-state index in [-0.39, 0.29) is 0 Å². The molecule has 0 heterocycles. The van der Waals surface area contributed by atoms with Crippen molar-refractivity contribution in [1.29, 1.82) is 0 Å².